The Kier molecular flexibility index (Phi) is 3.10. The van der Waals surface area contributed by atoms with Crippen LogP contribution in [-0.2, 0) is 14.4 Å². The lowest BCUT2D eigenvalue weighted by Crippen LogP contribution is -2.42. The molecule has 1 unspecified atom stereocenters. The van der Waals surface area contributed by atoms with E-state index >= 15 is 0 Å². The molecule has 0 aromatic heterocycles. The Morgan fingerprint density at radius 1 is 1.29 bits per heavy atom. The van der Waals surface area contributed by atoms with E-state index in [0.29, 0.717) is 5.71 Å². The van der Waals surface area contributed by atoms with Crippen LogP contribution in [-0.4, -0.2) is 37.8 Å². The molecule has 0 spiro atoms. The van der Waals surface area contributed by atoms with Crippen molar-refractivity contribution in [3.63, 3.8) is 0 Å². The first-order valence-electron chi connectivity index (χ1n) is 5.21. The van der Waals surface area contributed by atoms with Crippen molar-refractivity contribution in [1.29, 1.82) is 0 Å². The number of carbonyl (C=O) groups is 1. The van der Waals surface area contributed by atoms with Crippen molar-refractivity contribution in [3.05, 3.63) is 35.4 Å². The van der Waals surface area contributed by atoms with Crippen LogP contribution >= 0.6 is 0 Å². The zero-order valence-corrected chi connectivity index (χ0v) is 10.0. The number of hydrogen-bond acceptors (Lipinski definition) is 4. The standard InChI is InChI=1S/C12H14N2O3/c1-14-11(15)10(13-17-3)8-6-4-5-7-9(8)12(14)16-2/h4-7,12H,1-3H3/b13-10+. The third kappa shape index (κ3) is 1.78. The molecule has 0 saturated carbocycles. The Morgan fingerprint density at radius 3 is 2.65 bits per heavy atom. The van der Waals surface area contributed by atoms with Gasteiger partial charge in [0.25, 0.3) is 5.91 Å². The van der Waals surface area contributed by atoms with Crippen LogP contribution in [0.15, 0.2) is 29.4 Å². The normalized spacial score (nSPS) is 21.6. The number of fused-ring (bicyclic) bond motifs is 1. The third-order valence-corrected chi connectivity index (χ3v) is 2.76. The summed E-state index contributed by atoms with van der Waals surface area (Å²) in [5.41, 5.74) is 1.97. The summed E-state index contributed by atoms with van der Waals surface area (Å²) in [7, 11) is 4.67. The van der Waals surface area contributed by atoms with Gasteiger partial charge in [-0.25, -0.2) is 0 Å². The fraction of sp³-hybridized carbons (Fsp3) is 0.333. The molecule has 0 aliphatic carbocycles. The molecule has 5 nitrogen and oxygen atoms in total. The zero-order chi connectivity index (χ0) is 12.4. The quantitative estimate of drug-likeness (QED) is 0.721. The van der Waals surface area contributed by atoms with Gasteiger partial charge in [-0.1, -0.05) is 29.4 Å². The van der Waals surface area contributed by atoms with Gasteiger partial charge in [0.2, 0.25) is 0 Å². The smallest absolute Gasteiger partial charge is 0.278 e. The number of nitrogens with zero attached hydrogens (tertiary/aromatic N) is 2. The molecule has 90 valence electrons. The van der Waals surface area contributed by atoms with E-state index in [1.807, 2.05) is 24.3 Å². The summed E-state index contributed by atoms with van der Waals surface area (Å²) in [5, 5.41) is 3.80. The second-order valence-corrected chi connectivity index (χ2v) is 3.71. The van der Waals surface area contributed by atoms with Gasteiger partial charge in [-0.3, -0.25) is 4.79 Å². The van der Waals surface area contributed by atoms with Crippen LogP contribution in [0.2, 0.25) is 0 Å². The highest BCUT2D eigenvalue weighted by molar-refractivity contribution is 6.46. The van der Waals surface area contributed by atoms with Crippen LogP contribution in [0.5, 0.6) is 0 Å². The van der Waals surface area contributed by atoms with Gasteiger partial charge in [0.05, 0.1) is 0 Å². The van der Waals surface area contributed by atoms with Gasteiger partial charge in [0.1, 0.15) is 7.11 Å². The SMILES string of the molecule is CO/N=C1/C(=O)N(C)C(OC)c2ccccc21. The molecule has 5 heteroatoms. The molecule has 1 aliphatic rings. The maximum absolute atomic E-state index is 12.1. The fourth-order valence-corrected chi connectivity index (χ4v) is 1.99. The Labute approximate surface area is 99.6 Å². The number of hydrogen-bond donors (Lipinski definition) is 0. The number of ether oxygens (including phenoxy) is 1. The predicted octanol–water partition coefficient (Wildman–Crippen LogP) is 1.15. The van der Waals surface area contributed by atoms with Gasteiger partial charge in [-0.2, -0.15) is 0 Å². The largest absolute Gasteiger partial charge is 0.398 e. The van der Waals surface area contributed by atoms with E-state index in [1.54, 1.807) is 14.2 Å². The average molecular weight is 234 g/mol. The highest BCUT2D eigenvalue weighted by atomic mass is 16.6. The van der Waals surface area contributed by atoms with E-state index in [4.69, 9.17) is 9.57 Å². The van der Waals surface area contributed by atoms with Gasteiger partial charge in [0.15, 0.2) is 11.9 Å². The molecule has 0 saturated heterocycles. The van der Waals surface area contributed by atoms with Crippen molar-refractivity contribution in [2.24, 2.45) is 5.16 Å². The van der Waals surface area contributed by atoms with E-state index in [0.717, 1.165) is 11.1 Å². The van der Waals surface area contributed by atoms with Gasteiger partial charge >= 0.3 is 0 Å². The second kappa shape index (κ2) is 4.55. The number of carbonyl (C=O) groups excluding carboxylic acids is 1. The van der Waals surface area contributed by atoms with Crippen molar-refractivity contribution < 1.29 is 14.4 Å². The summed E-state index contributed by atoms with van der Waals surface area (Å²) in [6, 6.07) is 7.51. The Hall–Kier alpha value is -1.88. The topological polar surface area (TPSA) is 51.1 Å². The summed E-state index contributed by atoms with van der Waals surface area (Å²) in [5.74, 6) is -0.211. The Bertz CT molecular complexity index is 471. The minimum atomic E-state index is -0.380. The molecule has 1 atom stereocenters. The molecule has 17 heavy (non-hydrogen) atoms. The van der Waals surface area contributed by atoms with E-state index in [9.17, 15) is 4.79 Å². The number of methoxy groups -OCH3 is 1. The minimum absolute atomic E-state index is 0.211. The summed E-state index contributed by atoms with van der Waals surface area (Å²) in [6.07, 6.45) is -0.380. The van der Waals surface area contributed by atoms with Crippen molar-refractivity contribution in [2.75, 3.05) is 21.3 Å². The lowest BCUT2D eigenvalue weighted by molar-refractivity contribution is -0.135. The lowest BCUT2D eigenvalue weighted by Gasteiger charge is -2.33. The summed E-state index contributed by atoms with van der Waals surface area (Å²) in [6.45, 7) is 0. The minimum Gasteiger partial charge on any atom is -0.398 e. The molecule has 1 heterocycles. The molecule has 2 rings (SSSR count). The van der Waals surface area contributed by atoms with Gasteiger partial charge in [-0.15, -0.1) is 0 Å². The molecule has 0 radical (unpaired) electrons. The zero-order valence-electron chi connectivity index (χ0n) is 10.0. The van der Waals surface area contributed by atoms with E-state index in [-0.39, 0.29) is 12.1 Å². The highest BCUT2D eigenvalue weighted by Gasteiger charge is 2.35. The van der Waals surface area contributed by atoms with E-state index in [1.165, 1.54) is 12.0 Å². The van der Waals surface area contributed by atoms with Crippen LogP contribution in [0.3, 0.4) is 0 Å². The third-order valence-electron chi connectivity index (χ3n) is 2.76. The van der Waals surface area contributed by atoms with Gasteiger partial charge < -0.3 is 14.5 Å². The van der Waals surface area contributed by atoms with Crippen molar-refractivity contribution in [3.8, 4) is 0 Å². The van der Waals surface area contributed by atoms with Crippen LogP contribution in [0, 0.1) is 0 Å². The van der Waals surface area contributed by atoms with Crippen LogP contribution in [0.1, 0.15) is 17.4 Å². The first kappa shape index (κ1) is 11.6. The monoisotopic (exact) mass is 234 g/mol. The average Bonchev–Trinajstić information content (AvgIpc) is 2.35. The molecule has 1 aromatic carbocycles. The van der Waals surface area contributed by atoms with Crippen molar-refractivity contribution >= 4 is 11.6 Å². The van der Waals surface area contributed by atoms with Crippen LogP contribution in [0.4, 0.5) is 0 Å². The highest BCUT2D eigenvalue weighted by Crippen LogP contribution is 2.29. The van der Waals surface area contributed by atoms with Crippen LogP contribution < -0.4 is 0 Å². The second-order valence-electron chi connectivity index (χ2n) is 3.71. The summed E-state index contributed by atoms with van der Waals surface area (Å²) >= 11 is 0. The number of oxime groups is 1. The molecular weight excluding hydrogens is 220 g/mol. The number of amides is 1. The molecule has 0 bridgehead atoms. The van der Waals surface area contributed by atoms with E-state index < -0.39 is 0 Å². The molecular formula is C12H14N2O3. The molecule has 1 aromatic rings. The maximum Gasteiger partial charge on any atom is 0.278 e. The molecule has 1 aliphatic heterocycles. The Balaban J connectivity index is 2.60. The number of benzene rings is 1. The lowest BCUT2D eigenvalue weighted by atomic mass is 9.96. The van der Waals surface area contributed by atoms with E-state index in [2.05, 4.69) is 5.16 Å². The van der Waals surface area contributed by atoms with Gasteiger partial charge in [-0.05, 0) is 0 Å². The first-order valence-corrected chi connectivity index (χ1v) is 5.21. The van der Waals surface area contributed by atoms with Crippen LogP contribution in [0.25, 0.3) is 0 Å². The first-order chi connectivity index (χ1) is 8.20. The summed E-state index contributed by atoms with van der Waals surface area (Å²) in [4.78, 5) is 18.3. The van der Waals surface area contributed by atoms with Crippen molar-refractivity contribution in [2.45, 2.75) is 6.23 Å². The number of likely N-dealkylation sites (N-methyl/N-ethyl adjacent to an activating group) is 1. The Morgan fingerprint density at radius 2 is 2.00 bits per heavy atom. The predicted molar refractivity (Wildman–Crippen MR) is 62.5 cm³/mol. The fourth-order valence-electron chi connectivity index (χ4n) is 1.99. The maximum atomic E-state index is 12.1. The van der Waals surface area contributed by atoms with Crippen molar-refractivity contribution in [1.82, 2.24) is 4.90 Å². The molecule has 0 fully saturated rings. The molecule has 1 amide bonds. The summed E-state index contributed by atoms with van der Waals surface area (Å²) < 4.78 is 5.34. The molecule has 0 N–H and O–H groups in total. The van der Waals surface area contributed by atoms with Gasteiger partial charge in [0, 0.05) is 25.3 Å². The number of rotatable bonds is 2.